The molecule has 2 aromatic rings. The zero-order valence-electron chi connectivity index (χ0n) is 15.7. The fourth-order valence-corrected chi connectivity index (χ4v) is 3.35. The number of carbonyl (C=O) groups excluding carboxylic acids is 2. The molecule has 1 fully saturated rings. The van der Waals surface area contributed by atoms with Crippen molar-refractivity contribution < 1.29 is 18.7 Å². The molecule has 1 aromatic heterocycles. The predicted molar refractivity (Wildman–Crippen MR) is 102 cm³/mol. The van der Waals surface area contributed by atoms with Gasteiger partial charge in [0.05, 0.1) is 31.9 Å². The average molecular weight is 370 g/mol. The summed E-state index contributed by atoms with van der Waals surface area (Å²) in [4.78, 5) is 28.7. The number of hydrogen-bond donors (Lipinski definition) is 0. The van der Waals surface area contributed by atoms with E-state index in [0.29, 0.717) is 19.7 Å². The summed E-state index contributed by atoms with van der Waals surface area (Å²) in [7, 11) is 0. The normalized spacial score (nSPS) is 15.4. The summed E-state index contributed by atoms with van der Waals surface area (Å²) in [5.41, 5.74) is 0.848. The number of rotatable bonds is 7. The van der Waals surface area contributed by atoms with Gasteiger partial charge in [0.25, 0.3) is 0 Å². The van der Waals surface area contributed by atoms with Gasteiger partial charge in [-0.3, -0.25) is 14.5 Å². The van der Waals surface area contributed by atoms with E-state index in [9.17, 15) is 9.59 Å². The first-order valence-corrected chi connectivity index (χ1v) is 9.44. The fourth-order valence-electron chi connectivity index (χ4n) is 3.35. The Bertz CT molecular complexity index is 722. The minimum atomic E-state index is -0.118. The number of amides is 1. The van der Waals surface area contributed by atoms with Gasteiger partial charge in [-0.15, -0.1) is 0 Å². The van der Waals surface area contributed by atoms with E-state index in [0.717, 1.165) is 37.4 Å². The Morgan fingerprint density at radius 3 is 2.52 bits per heavy atom. The quantitative estimate of drug-likeness (QED) is 0.701. The number of para-hydroxylation sites is 1. The summed E-state index contributed by atoms with van der Waals surface area (Å²) in [5.74, 6) is 0.595. The van der Waals surface area contributed by atoms with Crippen molar-refractivity contribution in [3.63, 3.8) is 0 Å². The molecule has 1 saturated heterocycles. The summed E-state index contributed by atoms with van der Waals surface area (Å²) in [6.07, 6.45) is 3.08. The lowest BCUT2D eigenvalue weighted by Gasteiger charge is -2.32. The maximum Gasteiger partial charge on any atom is 0.309 e. The number of ether oxygens (including phenoxy) is 1. The lowest BCUT2D eigenvalue weighted by Crippen LogP contribution is -2.44. The van der Waals surface area contributed by atoms with E-state index in [1.165, 1.54) is 0 Å². The fraction of sp³-hybridized carbons (Fsp3) is 0.429. The van der Waals surface area contributed by atoms with Gasteiger partial charge < -0.3 is 14.1 Å². The van der Waals surface area contributed by atoms with Crippen LogP contribution in [-0.4, -0.2) is 43.0 Å². The SMILES string of the molecule is CCOC(=O)C1CCN(CC(=O)N(Cc2ccco2)c2ccccc2)CC1. The van der Waals surface area contributed by atoms with Crippen LogP contribution in [0.5, 0.6) is 0 Å². The predicted octanol–water partition coefficient (Wildman–Crippen LogP) is 3.09. The molecule has 1 amide bonds. The molecule has 27 heavy (non-hydrogen) atoms. The smallest absolute Gasteiger partial charge is 0.309 e. The maximum atomic E-state index is 13.0. The Morgan fingerprint density at radius 1 is 1.15 bits per heavy atom. The van der Waals surface area contributed by atoms with Crippen LogP contribution in [0.15, 0.2) is 53.1 Å². The molecule has 0 unspecified atom stereocenters. The minimum Gasteiger partial charge on any atom is -0.467 e. The standard InChI is InChI=1S/C21H26N2O4/c1-2-26-21(25)17-10-12-22(13-11-17)16-20(24)23(15-19-9-6-14-27-19)18-7-4-3-5-8-18/h3-9,14,17H,2,10-13,15-16H2,1H3. The first kappa shape index (κ1) is 19.2. The third kappa shape index (κ3) is 5.20. The molecule has 2 heterocycles. The molecule has 6 heteroatoms. The lowest BCUT2D eigenvalue weighted by atomic mass is 9.97. The Kier molecular flexibility index (Phi) is 6.65. The van der Waals surface area contributed by atoms with Gasteiger partial charge in [0.2, 0.25) is 5.91 Å². The highest BCUT2D eigenvalue weighted by atomic mass is 16.5. The second-order valence-electron chi connectivity index (χ2n) is 6.70. The van der Waals surface area contributed by atoms with Crippen LogP contribution in [0, 0.1) is 5.92 Å². The number of nitrogens with zero attached hydrogens (tertiary/aromatic N) is 2. The summed E-state index contributed by atoms with van der Waals surface area (Å²) in [6, 6.07) is 13.3. The van der Waals surface area contributed by atoms with Gasteiger partial charge in [0, 0.05) is 5.69 Å². The summed E-state index contributed by atoms with van der Waals surface area (Å²) >= 11 is 0. The Balaban J connectivity index is 1.61. The average Bonchev–Trinajstić information content (AvgIpc) is 3.21. The Labute approximate surface area is 159 Å². The molecule has 0 aliphatic carbocycles. The van der Waals surface area contributed by atoms with Gasteiger partial charge in [0.1, 0.15) is 5.76 Å². The van der Waals surface area contributed by atoms with Crippen LogP contribution in [0.2, 0.25) is 0 Å². The topological polar surface area (TPSA) is 63.0 Å². The highest BCUT2D eigenvalue weighted by Crippen LogP contribution is 2.21. The second kappa shape index (κ2) is 9.37. The first-order valence-electron chi connectivity index (χ1n) is 9.44. The minimum absolute atomic E-state index is 0.0205. The van der Waals surface area contributed by atoms with Crippen molar-refractivity contribution in [3.05, 3.63) is 54.5 Å². The highest BCUT2D eigenvalue weighted by Gasteiger charge is 2.28. The highest BCUT2D eigenvalue weighted by molar-refractivity contribution is 5.94. The molecule has 0 saturated carbocycles. The monoisotopic (exact) mass is 370 g/mol. The van der Waals surface area contributed by atoms with Gasteiger partial charge in [-0.05, 0) is 57.1 Å². The molecule has 0 bridgehead atoms. The lowest BCUT2D eigenvalue weighted by molar-refractivity contribution is -0.149. The molecule has 0 atom stereocenters. The Hall–Kier alpha value is -2.60. The van der Waals surface area contributed by atoms with Crippen LogP contribution in [0.4, 0.5) is 5.69 Å². The van der Waals surface area contributed by atoms with Crippen molar-refractivity contribution in [3.8, 4) is 0 Å². The van der Waals surface area contributed by atoms with Crippen LogP contribution >= 0.6 is 0 Å². The third-order valence-corrected chi connectivity index (χ3v) is 4.83. The van der Waals surface area contributed by atoms with Crippen molar-refractivity contribution in [1.82, 2.24) is 4.90 Å². The molecule has 1 aliphatic heterocycles. The molecule has 1 aliphatic rings. The molecule has 0 spiro atoms. The van der Waals surface area contributed by atoms with E-state index in [1.807, 2.05) is 49.4 Å². The van der Waals surface area contributed by atoms with E-state index >= 15 is 0 Å². The van der Waals surface area contributed by atoms with Gasteiger partial charge in [-0.25, -0.2) is 0 Å². The number of esters is 1. The number of likely N-dealkylation sites (tertiary alicyclic amines) is 1. The number of anilines is 1. The van der Waals surface area contributed by atoms with Crippen molar-refractivity contribution in [2.75, 3.05) is 31.1 Å². The van der Waals surface area contributed by atoms with Gasteiger partial charge >= 0.3 is 5.97 Å². The number of hydrogen-bond acceptors (Lipinski definition) is 5. The summed E-state index contributed by atoms with van der Waals surface area (Å²) in [5, 5.41) is 0. The van der Waals surface area contributed by atoms with Gasteiger partial charge in [0.15, 0.2) is 0 Å². The Morgan fingerprint density at radius 2 is 1.89 bits per heavy atom. The van der Waals surface area contributed by atoms with Crippen LogP contribution in [0.25, 0.3) is 0 Å². The molecule has 0 radical (unpaired) electrons. The van der Waals surface area contributed by atoms with Crippen molar-refractivity contribution in [2.24, 2.45) is 5.92 Å². The number of piperidine rings is 1. The second-order valence-corrected chi connectivity index (χ2v) is 6.70. The van der Waals surface area contributed by atoms with Crippen LogP contribution in [-0.2, 0) is 20.9 Å². The summed E-state index contributed by atoms with van der Waals surface area (Å²) in [6.45, 7) is 4.40. The molecular formula is C21H26N2O4. The molecule has 6 nitrogen and oxygen atoms in total. The zero-order chi connectivity index (χ0) is 19.1. The summed E-state index contributed by atoms with van der Waals surface area (Å²) < 4.78 is 10.5. The number of benzene rings is 1. The third-order valence-electron chi connectivity index (χ3n) is 4.83. The van der Waals surface area contributed by atoms with Gasteiger partial charge in [-0.2, -0.15) is 0 Å². The maximum absolute atomic E-state index is 13.0. The van der Waals surface area contributed by atoms with Crippen LogP contribution in [0.3, 0.4) is 0 Å². The molecule has 1 aromatic carbocycles. The number of carbonyl (C=O) groups is 2. The molecule has 144 valence electrons. The van der Waals surface area contributed by atoms with E-state index in [4.69, 9.17) is 9.15 Å². The van der Waals surface area contributed by atoms with E-state index < -0.39 is 0 Å². The largest absolute Gasteiger partial charge is 0.467 e. The van der Waals surface area contributed by atoms with Crippen molar-refractivity contribution >= 4 is 17.6 Å². The number of furan rings is 1. The van der Waals surface area contributed by atoms with Crippen molar-refractivity contribution in [1.29, 1.82) is 0 Å². The van der Waals surface area contributed by atoms with Crippen molar-refractivity contribution in [2.45, 2.75) is 26.3 Å². The van der Waals surface area contributed by atoms with E-state index in [2.05, 4.69) is 4.90 Å². The zero-order valence-corrected chi connectivity index (χ0v) is 15.7. The molecular weight excluding hydrogens is 344 g/mol. The van der Waals surface area contributed by atoms with Gasteiger partial charge in [-0.1, -0.05) is 18.2 Å². The van der Waals surface area contributed by atoms with Crippen LogP contribution < -0.4 is 4.90 Å². The van der Waals surface area contributed by atoms with E-state index in [-0.39, 0.29) is 17.8 Å². The van der Waals surface area contributed by atoms with E-state index in [1.54, 1.807) is 11.2 Å². The molecule has 3 rings (SSSR count). The molecule has 0 N–H and O–H groups in total. The van der Waals surface area contributed by atoms with Crippen LogP contribution in [0.1, 0.15) is 25.5 Å². The first-order chi connectivity index (χ1) is 13.2.